The van der Waals surface area contributed by atoms with Gasteiger partial charge in [-0.3, -0.25) is 4.79 Å². The normalized spacial score (nSPS) is 27.6. The van der Waals surface area contributed by atoms with Crippen molar-refractivity contribution in [1.29, 1.82) is 0 Å². The van der Waals surface area contributed by atoms with Gasteiger partial charge in [0.15, 0.2) is 0 Å². The summed E-state index contributed by atoms with van der Waals surface area (Å²) >= 11 is 0. The number of hydrogen-bond acceptors (Lipinski definition) is 3. The first-order chi connectivity index (χ1) is 9.62. The van der Waals surface area contributed by atoms with E-state index >= 15 is 0 Å². The summed E-state index contributed by atoms with van der Waals surface area (Å²) in [6.07, 6.45) is 2.81. The van der Waals surface area contributed by atoms with Gasteiger partial charge in [0, 0.05) is 13.0 Å². The topological polar surface area (TPSA) is 47.6 Å². The third-order valence-corrected chi connectivity index (χ3v) is 4.79. The summed E-state index contributed by atoms with van der Waals surface area (Å²) in [5.74, 6) is -0.0288. The molecular formula is C15H25BFNO3. The maximum absolute atomic E-state index is 14.6. The molecule has 1 heterocycles. The summed E-state index contributed by atoms with van der Waals surface area (Å²) in [6, 6.07) is 0.150. The first-order valence-corrected chi connectivity index (χ1v) is 7.62. The molecule has 4 nitrogen and oxygen atoms in total. The Balaban J connectivity index is 2.01. The molecule has 0 aromatic heterocycles. The second-order valence-electron chi connectivity index (χ2n) is 7.01. The summed E-state index contributed by atoms with van der Waals surface area (Å²) in [6.45, 7) is 9.17. The van der Waals surface area contributed by atoms with Crippen molar-refractivity contribution >= 4 is 13.0 Å². The second-order valence-corrected chi connectivity index (χ2v) is 7.01. The lowest BCUT2D eigenvalue weighted by molar-refractivity contribution is -0.119. The van der Waals surface area contributed by atoms with Crippen LogP contribution in [0.25, 0.3) is 0 Å². The van der Waals surface area contributed by atoms with Gasteiger partial charge >= 0.3 is 7.12 Å². The number of allylic oxidation sites excluding steroid dienone is 1. The van der Waals surface area contributed by atoms with Crippen LogP contribution in [0, 0.1) is 0 Å². The highest BCUT2D eigenvalue weighted by molar-refractivity contribution is 6.53. The van der Waals surface area contributed by atoms with Crippen molar-refractivity contribution in [3.05, 3.63) is 11.3 Å². The van der Waals surface area contributed by atoms with E-state index in [0.717, 1.165) is 18.4 Å². The fraction of sp³-hybridized carbons (Fsp3) is 0.800. The highest BCUT2D eigenvalue weighted by atomic mass is 19.1. The molecule has 1 aliphatic heterocycles. The van der Waals surface area contributed by atoms with E-state index in [0.29, 0.717) is 12.8 Å². The SMILES string of the molecule is CC(=O)NC1CCC(=C(F)B2OC(C)(C)C(C)(C)O2)CC1. The monoisotopic (exact) mass is 297 g/mol. The van der Waals surface area contributed by atoms with Gasteiger partial charge in [-0.05, 0) is 59.0 Å². The second kappa shape index (κ2) is 5.73. The third-order valence-electron chi connectivity index (χ3n) is 4.79. The number of carbonyl (C=O) groups is 1. The lowest BCUT2D eigenvalue weighted by atomic mass is 9.79. The molecule has 21 heavy (non-hydrogen) atoms. The summed E-state index contributed by atoms with van der Waals surface area (Å²) in [4.78, 5) is 11.0. The first kappa shape index (κ1) is 16.5. The number of halogens is 1. The number of hydrogen-bond donors (Lipinski definition) is 1. The van der Waals surface area contributed by atoms with Gasteiger partial charge in [0.05, 0.1) is 11.2 Å². The molecule has 0 radical (unpaired) electrons. The van der Waals surface area contributed by atoms with Crippen LogP contribution in [0.1, 0.15) is 60.3 Å². The predicted molar refractivity (Wildman–Crippen MR) is 80.3 cm³/mol. The quantitative estimate of drug-likeness (QED) is 0.797. The van der Waals surface area contributed by atoms with Crippen molar-refractivity contribution in [3.63, 3.8) is 0 Å². The molecule has 1 saturated heterocycles. The van der Waals surface area contributed by atoms with Crippen LogP contribution in [0.5, 0.6) is 0 Å². The van der Waals surface area contributed by atoms with Crippen molar-refractivity contribution in [1.82, 2.24) is 5.32 Å². The van der Waals surface area contributed by atoms with Gasteiger partial charge in [0.2, 0.25) is 5.91 Å². The Bertz CT molecular complexity index is 436. The number of carbonyl (C=O) groups excluding carboxylic acids is 1. The highest BCUT2D eigenvalue weighted by Crippen LogP contribution is 2.40. The van der Waals surface area contributed by atoms with E-state index in [1.807, 2.05) is 27.7 Å². The maximum Gasteiger partial charge on any atom is 0.525 e. The third kappa shape index (κ3) is 3.48. The fourth-order valence-corrected chi connectivity index (χ4v) is 2.75. The van der Waals surface area contributed by atoms with Crippen LogP contribution in [0.15, 0.2) is 11.3 Å². The van der Waals surface area contributed by atoms with Gasteiger partial charge in [-0.2, -0.15) is 0 Å². The van der Waals surface area contributed by atoms with Crippen LogP contribution < -0.4 is 5.32 Å². The van der Waals surface area contributed by atoms with Crippen LogP contribution in [0.4, 0.5) is 4.39 Å². The summed E-state index contributed by atoms with van der Waals surface area (Å²) in [7, 11) is -0.901. The number of rotatable bonds is 2. The molecule has 0 bridgehead atoms. The summed E-state index contributed by atoms with van der Waals surface area (Å²) in [5.41, 5.74) is -0.573. The number of amides is 1. The van der Waals surface area contributed by atoms with Crippen LogP contribution in [0.2, 0.25) is 0 Å². The van der Waals surface area contributed by atoms with Gasteiger partial charge in [-0.1, -0.05) is 0 Å². The van der Waals surface area contributed by atoms with Crippen molar-refractivity contribution in [2.75, 3.05) is 0 Å². The minimum atomic E-state index is -0.901. The molecule has 0 unspecified atom stereocenters. The Morgan fingerprint density at radius 2 is 1.67 bits per heavy atom. The minimum absolute atomic E-state index is 0.0288. The molecular weight excluding hydrogens is 272 g/mol. The van der Waals surface area contributed by atoms with E-state index in [1.165, 1.54) is 6.92 Å². The van der Waals surface area contributed by atoms with E-state index in [9.17, 15) is 9.18 Å². The zero-order valence-electron chi connectivity index (χ0n) is 13.6. The van der Waals surface area contributed by atoms with Crippen LogP contribution in [-0.2, 0) is 14.1 Å². The van der Waals surface area contributed by atoms with Crippen molar-refractivity contribution < 1.29 is 18.5 Å². The van der Waals surface area contributed by atoms with Gasteiger partial charge < -0.3 is 14.6 Å². The zero-order valence-corrected chi connectivity index (χ0v) is 13.6. The number of nitrogens with one attached hydrogen (secondary N) is 1. The van der Waals surface area contributed by atoms with Gasteiger partial charge in [0.25, 0.3) is 0 Å². The largest absolute Gasteiger partial charge is 0.525 e. The first-order valence-electron chi connectivity index (χ1n) is 7.62. The van der Waals surface area contributed by atoms with Crippen LogP contribution >= 0.6 is 0 Å². The van der Waals surface area contributed by atoms with E-state index in [-0.39, 0.29) is 17.7 Å². The maximum atomic E-state index is 14.6. The van der Waals surface area contributed by atoms with Gasteiger partial charge in [-0.25, -0.2) is 4.39 Å². The average molecular weight is 297 g/mol. The molecule has 6 heteroatoms. The Kier molecular flexibility index (Phi) is 4.50. The smallest absolute Gasteiger partial charge is 0.398 e. The molecule has 2 rings (SSSR count). The Hall–Kier alpha value is -0.875. The van der Waals surface area contributed by atoms with Gasteiger partial charge in [-0.15, -0.1) is 0 Å². The van der Waals surface area contributed by atoms with E-state index in [4.69, 9.17) is 9.31 Å². The van der Waals surface area contributed by atoms with Crippen molar-refractivity contribution in [2.24, 2.45) is 0 Å². The van der Waals surface area contributed by atoms with Gasteiger partial charge in [0.1, 0.15) is 5.73 Å². The van der Waals surface area contributed by atoms with E-state index in [2.05, 4.69) is 5.32 Å². The molecule has 0 atom stereocenters. The van der Waals surface area contributed by atoms with E-state index < -0.39 is 18.3 Å². The zero-order chi connectivity index (χ0) is 15.8. The van der Waals surface area contributed by atoms with Crippen LogP contribution in [0.3, 0.4) is 0 Å². The standard InChI is InChI=1S/C15H25BFNO3/c1-10(19)18-12-8-6-11(7-9-12)13(17)16-20-14(2,3)15(4,5)21-16/h12H,6-9H2,1-5H3,(H,18,19). The molecule has 1 aliphatic carbocycles. The molecule has 1 saturated carbocycles. The minimum Gasteiger partial charge on any atom is -0.398 e. The Morgan fingerprint density at radius 1 is 1.19 bits per heavy atom. The molecule has 1 N–H and O–H groups in total. The van der Waals surface area contributed by atoms with Crippen molar-refractivity contribution in [2.45, 2.75) is 77.5 Å². The fourth-order valence-electron chi connectivity index (χ4n) is 2.75. The Morgan fingerprint density at radius 3 is 2.10 bits per heavy atom. The Labute approximate surface area is 126 Å². The molecule has 0 aromatic rings. The predicted octanol–water partition coefficient (Wildman–Crippen LogP) is 2.92. The average Bonchev–Trinajstić information content (AvgIpc) is 2.58. The molecule has 1 amide bonds. The van der Waals surface area contributed by atoms with E-state index in [1.54, 1.807) is 0 Å². The summed E-state index contributed by atoms with van der Waals surface area (Å²) < 4.78 is 26.1. The summed E-state index contributed by atoms with van der Waals surface area (Å²) in [5, 5.41) is 2.89. The molecule has 0 spiro atoms. The molecule has 2 fully saturated rings. The lowest BCUT2D eigenvalue weighted by Crippen LogP contribution is -2.41. The molecule has 118 valence electrons. The molecule has 0 aromatic carbocycles. The highest BCUT2D eigenvalue weighted by Gasteiger charge is 2.53. The molecule has 2 aliphatic rings. The lowest BCUT2D eigenvalue weighted by Gasteiger charge is -2.32. The van der Waals surface area contributed by atoms with Crippen LogP contribution in [-0.4, -0.2) is 30.3 Å². The van der Waals surface area contributed by atoms with Crippen molar-refractivity contribution in [3.8, 4) is 0 Å².